The predicted molar refractivity (Wildman–Crippen MR) is 57.9 cm³/mol. The molecule has 0 fully saturated rings. The van der Waals surface area contributed by atoms with Crippen molar-refractivity contribution < 1.29 is 9.90 Å². The molecule has 0 bridgehead atoms. The number of carbonyl (C=O) groups is 1. The largest absolute Gasteiger partial charge is 0.478 e. The first kappa shape index (κ1) is 11.4. The quantitative estimate of drug-likeness (QED) is 0.815. The monoisotopic (exact) mass is 250 g/mol. The molecule has 0 atom stereocenters. The number of carboxylic acids is 1. The Bertz CT molecular complexity index is 399. The van der Waals surface area contributed by atoms with E-state index in [-0.39, 0.29) is 5.03 Å². The summed E-state index contributed by atoms with van der Waals surface area (Å²) >= 11 is 17.1. The second-order valence-corrected chi connectivity index (χ2v) is 3.68. The number of carboxylic acid groups (broad SMARTS) is 1. The molecule has 0 aliphatic carbocycles. The van der Waals surface area contributed by atoms with E-state index in [1.807, 2.05) is 0 Å². The first-order chi connectivity index (χ1) is 6.50. The van der Waals surface area contributed by atoms with Gasteiger partial charge in [0.25, 0.3) is 0 Å². The van der Waals surface area contributed by atoms with Crippen molar-refractivity contribution in [3.05, 3.63) is 39.9 Å². The highest BCUT2D eigenvalue weighted by atomic mass is 35.5. The summed E-state index contributed by atoms with van der Waals surface area (Å²) in [5.41, 5.74) is 0.517. The molecule has 0 heterocycles. The van der Waals surface area contributed by atoms with Crippen molar-refractivity contribution in [2.75, 3.05) is 0 Å². The zero-order chi connectivity index (χ0) is 10.7. The van der Waals surface area contributed by atoms with Gasteiger partial charge in [0.15, 0.2) is 0 Å². The predicted octanol–water partition coefficient (Wildman–Crippen LogP) is 3.66. The summed E-state index contributed by atoms with van der Waals surface area (Å²) in [6.07, 6.45) is 0.890. The van der Waals surface area contributed by atoms with Crippen LogP contribution in [-0.2, 0) is 4.79 Å². The van der Waals surface area contributed by atoms with Gasteiger partial charge in [0.1, 0.15) is 0 Å². The Hall–Kier alpha value is -0.700. The molecule has 1 aromatic rings. The van der Waals surface area contributed by atoms with Crippen molar-refractivity contribution in [1.82, 2.24) is 0 Å². The van der Waals surface area contributed by atoms with Gasteiger partial charge in [0, 0.05) is 6.08 Å². The van der Waals surface area contributed by atoms with E-state index in [4.69, 9.17) is 39.9 Å². The van der Waals surface area contributed by atoms with Crippen molar-refractivity contribution in [1.29, 1.82) is 0 Å². The van der Waals surface area contributed by atoms with Gasteiger partial charge in [-0.2, -0.15) is 0 Å². The summed E-state index contributed by atoms with van der Waals surface area (Å²) in [6.45, 7) is 0. The maximum absolute atomic E-state index is 10.3. The summed E-state index contributed by atoms with van der Waals surface area (Å²) in [5.74, 6) is -1.11. The lowest BCUT2D eigenvalue weighted by Crippen LogP contribution is -1.88. The molecule has 0 aromatic heterocycles. The van der Waals surface area contributed by atoms with Gasteiger partial charge in [-0.15, -0.1) is 0 Å². The van der Waals surface area contributed by atoms with Crippen LogP contribution in [0.2, 0.25) is 10.0 Å². The number of aliphatic carboxylic acids is 1. The topological polar surface area (TPSA) is 37.3 Å². The molecule has 0 aliphatic heterocycles. The Morgan fingerprint density at radius 2 is 1.93 bits per heavy atom. The Morgan fingerprint density at radius 1 is 1.29 bits per heavy atom. The van der Waals surface area contributed by atoms with Crippen molar-refractivity contribution >= 4 is 45.8 Å². The van der Waals surface area contributed by atoms with Crippen molar-refractivity contribution in [3.63, 3.8) is 0 Å². The van der Waals surface area contributed by atoms with Gasteiger partial charge in [0.05, 0.1) is 15.1 Å². The molecule has 14 heavy (non-hydrogen) atoms. The Labute approximate surface area is 95.7 Å². The number of rotatable bonds is 2. The van der Waals surface area contributed by atoms with E-state index in [9.17, 15) is 4.79 Å². The van der Waals surface area contributed by atoms with Crippen LogP contribution in [0.4, 0.5) is 0 Å². The van der Waals surface area contributed by atoms with E-state index in [1.54, 1.807) is 12.1 Å². The lowest BCUT2D eigenvalue weighted by atomic mass is 10.2. The number of benzene rings is 1. The van der Waals surface area contributed by atoms with Gasteiger partial charge >= 0.3 is 5.97 Å². The van der Waals surface area contributed by atoms with E-state index < -0.39 is 5.97 Å². The van der Waals surface area contributed by atoms with Crippen LogP contribution in [0.1, 0.15) is 5.56 Å². The fourth-order valence-electron chi connectivity index (χ4n) is 0.836. The van der Waals surface area contributed by atoms with Crippen LogP contribution < -0.4 is 0 Å². The van der Waals surface area contributed by atoms with Crippen LogP contribution in [-0.4, -0.2) is 11.1 Å². The summed E-state index contributed by atoms with van der Waals surface area (Å²) in [4.78, 5) is 10.3. The molecule has 1 N–H and O–H groups in total. The Balaban J connectivity index is 3.09. The normalized spacial score (nSPS) is 11.5. The van der Waals surface area contributed by atoms with E-state index in [2.05, 4.69) is 0 Å². The molecular formula is C9H5Cl3O2. The maximum Gasteiger partial charge on any atom is 0.329 e. The van der Waals surface area contributed by atoms with Gasteiger partial charge in [-0.3, -0.25) is 0 Å². The average Bonchev–Trinajstić information content (AvgIpc) is 2.08. The number of halogens is 3. The molecule has 0 saturated carbocycles. The minimum atomic E-state index is -1.11. The molecule has 2 nitrogen and oxygen atoms in total. The van der Waals surface area contributed by atoms with E-state index in [0.717, 1.165) is 6.08 Å². The Morgan fingerprint density at radius 3 is 2.43 bits per heavy atom. The van der Waals surface area contributed by atoms with Gasteiger partial charge in [0.2, 0.25) is 0 Å². The van der Waals surface area contributed by atoms with Gasteiger partial charge in [-0.25, -0.2) is 4.79 Å². The Kier molecular flexibility index (Phi) is 3.81. The summed E-state index contributed by atoms with van der Waals surface area (Å²) < 4.78 is 0. The van der Waals surface area contributed by atoms with Gasteiger partial charge in [-0.05, 0) is 17.7 Å². The third-order valence-corrected chi connectivity index (χ3v) is 2.51. The van der Waals surface area contributed by atoms with Crippen molar-refractivity contribution in [3.8, 4) is 0 Å². The number of hydrogen-bond acceptors (Lipinski definition) is 1. The summed E-state index contributed by atoms with van der Waals surface area (Å²) in [5, 5.41) is 9.29. The average molecular weight is 251 g/mol. The molecule has 0 unspecified atom stereocenters. The summed E-state index contributed by atoms with van der Waals surface area (Å²) in [7, 11) is 0. The van der Waals surface area contributed by atoms with Gasteiger partial charge in [-0.1, -0.05) is 40.9 Å². The third kappa shape index (κ3) is 2.91. The molecule has 0 aliphatic rings. The fourth-order valence-corrected chi connectivity index (χ4v) is 1.35. The van der Waals surface area contributed by atoms with Crippen LogP contribution >= 0.6 is 34.8 Å². The molecule has 0 amide bonds. The van der Waals surface area contributed by atoms with Crippen LogP contribution in [0.15, 0.2) is 24.3 Å². The maximum atomic E-state index is 10.3. The summed E-state index contributed by atoms with van der Waals surface area (Å²) in [6, 6.07) is 4.65. The molecular weight excluding hydrogens is 246 g/mol. The highest BCUT2D eigenvalue weighted by Gasteiger charge is 2.03. The molecule has 0 saturated heterocycles. The highest BCUT2D eigenvalue weighted by molar-refractivity contribution is 6.50. The second kappa shape index (κ2) is 4.69. The highest BCUT2D eigenvalue weighted by Crippen LogP contribution is 2.27. The minimum Gasteiger partial charge on any atom is -0.478 e. The van der Waals surface area contributed by atoms with Crippen LogP contribution in [0, 0.1) is 0 Å². The standard InChI is InChI=1S/C9H5Cl3O2/c10-6-2-1-5(3-8(6)12)7(11)4-9(13)14/h1-4H,(H,13,14)/b7-4+. The van der Waals surface area contributed by atoms with E-state index in [1.165, 1.54) is 6.07 Å². The van der Waals surface area contributed by atoms with E-state index >= 15 is 0 Å². The van der Waals surface area contributed by atoms with Gasteiger partial charge < -0.3 is 5.11 Å². The second-order valence-electron chi connectivity index (χ2n) is 2.46. The van der Waals surface area contributed by atoms with Crippen molar-refractivity contribution in [2.24, 2.45) is 0 Å². The zero-order valence-corrected chi connectivity index (χ0v) is 9.07. The molecule has 74 valence electrons. The number of hydrogen-bond donors (Lipinski definition) is 1. The smallest absolute Gasteiger partial charge is 0.329 e. The lowest BCUT2D eigenvalue weighted by molar-refractivity contribution is -0.131. The molecule has 1 aromatic carbocycles. The van der Waals surface area contributed by atoms with Crippen molar-refractivity contribution in [2.45, 2.75) is 0 Å². The SMILES string of the molecule is O=C(O)/C=C(/Cl)c1ccc(Cl)c(Cl)c1. The third-order valence-electron chi connectivity index (χ3n) is 1.45. The minimum absolute atomic E-state index is 0.107. The first-order valence-electron chi connectivity index (χ1n) is 3.56. The molecule has 0 spiro atoms. The molecule has 0 radical (unpaired) electrons. The fraction of sp³-hybridized carbons (Fsp3) is 0. The van der Waals surface area contributed by atoms with E-state index in [0.29, 0.717) is 15.6 Å². The molecule has 1 rings (SSSR count). The molecule has 5 heteroatoms. The van der Waals surface area contributed by atoms with Crippen LogP contribution in [0.25, 0.3) is 5.03 Å². The first-order valence-corrected chi connectivity index (χ1v) is 4.69. The van der Waals surface area contributed by atoms with Crippen LogP contribution in [0.5, 0.6) is 0 Å². The lowest BCUT2D eigenvalue weighted by Gasteiger charge is -2.00. The van der Waals surface area contributed by atoms with Crippen LogP contribution in [0.3, 0.4) is 0 Å². The zero-order valence-electron chi connectivity index (χ0n) is 6.80.